The van der Waals surface area contributed by atoms with E-state index in [9.17, 15) is 14.8 Å². The zero-order chi connectivity index (χ0) is 14.8. The van der Waals surface area contributed by atoms with Crippen molar-refractivity contribution < 1.29 is 14.8 Å². The average molecular weight is 279 g/mol. The van der Waals surface area contributed by atoms with Gasteiger partial charge in [0.2, 0.25) is 5.91 Å². The maximum absolute atomic E-state index is 11.9. The quantitative estimate of drug-likeness (QED) is 0.544. The summed E-state index contributed by atoms with van der Waals surface area (Å²) in [5.41, 5.74) is -0.263. The van der Waals surface area contributed by atoms with E-state index in [4.69, 9.17) is 0 Å². The van der Waals surface area contributed by atoms with Crippen molar-refractivity contribution in [3.63, 3.8) is 0 Å². The molecule has 20 heavy (non-hydrogen) atoms. The lowest BCUT2D eigenvalue weighted by Gasteiger charge is -2.51. The molecule has 0 aromatic heterocycles. The lowest BCUT2D eigenvalue weighted by molar-refractivity contribution is -0.121. The fraction of sp³-hybridized carbons (Fsp3) is 0.800. The molecule has 0 bridgehead atoms. The van der Waals surface area contributed by atoms with Crippen LogP contribution in [0.1, 0.15) is 58.3 Å². The highest BCUT2D eigenvalue weighted by Gasteiger charge is 2.53. The second-order valence-electron chi connectivity index (χ2n) is 6.81. The third-order valence-electron chi connectivity index (χ3n) is 5.62. The highest BCUT2D eigenvalue weighted by atomic mass is 16.4. The fourth-order valence-corrected chi connectivity index (χ4v) is 4.31. The standard InChI is InChI=1S/C15H26BNO3/c1-3-13(18)17-15(14(2)8-4-5-9-14)10-6-7-12(11-15)16(19)20/h3,12,19-20H,1,4-11H2,2H3,(H,17,18). The van der Waals surface area contributed by atoms with Gasteiger partial charge in [0.05, 0.1) is 0 Å². The first-order valence-electron chi connectivity index (χ1n) is 7.73. The third kappa shape index (κ3) is 2.79. The van der Waals surface area contributed by atoms with E-state index in [1.54, 1.807) is 0 Å². The highest BCUT2D eigenvalue weighted by molar-refractivity contribution is 6.43. The first kappa shape index (κ1) is 15.6. The van der Waals surface area contributed by atoms with Crippen molar-refractivity contribution in [2.45, 2.75) is 69.6 Å². The summed E-state index contributed by atoms with van der Waals surface area (Å²) in [4.78, 5) is 11.9. The van der Waals surface area contributed by atoms with Gasteiger partial charge in [0.25, 0.3) is 0 Å². The van der Waals surface area contributed by atoms with Crippen LogP contribution in [0.4, 0.5) is 0 Å². The Morgan fingerprint density at radius 3 is 2.50 bits per heavy atom. The van der Waals surface area contributed by atoms with Crippen LogP contribution < -0.4 is 5.32 Å². The van der Waals surface area contributed by atoms with E-state index in [0.717, 1.165) is 32.1 Å². The van der Waals surface area contributed by atoms with Crippen LogP contribution in [-0.2, 0) is 4.79 Å². The summed E-state index contributed by atoms with van der Waals surface area (Å²) in [5.74, 6) is -0.294. The van der Waals surface area contributed by atoms with Gasteiger partial charge in [-0.3, -0.25) is 4.79 Å². The molecule has 2 rings (SSSR count). The molecule has 3 N–H and O–H groups in total. The summed E-state index contributed by atoms with van der Waals surface area (Å²) in [6.45, 7) is 5.80. The van der Waals surface area contributed by atoms with Gasteiger partial charge in [-0.2, -0.15) is 0 Å². The van der Waals surface area contributed by atoms with Crippen molar-refractivity contribution in [1.82, 2.24) is 5.32 Å². The molecule has 2 aliphatic carbocycles. The molecule has 2 fully saturated rings. The number of nitrogens with one attached hydrogen (secondary N) is 1. The zero-order valence-corrected chi connectivity index (χ0v) is 12.4. The Morgan fingerprint density at radius 2 is 1.95 bits per heavy atom. The summed E-state index contributed by atoms with van der Waals surface area (Å²) in [5, 5.41) is 22.3. The number of rotatable bonds is 4. The van der Waals surface area contributed by atoms with Gasteiger partial charge < -0.3 is 15.4 Å². The second-order valence-corrected chi connectivity index (χ2v) is 6.81. The summed E-state index contributed by atoms with van der Waals surface area (Å²) in [6.07, 6.45) is 9.21. The van der Waals surface area contributed by atoms with Crippen LogP contribution in [0.25, 0.3) is 0 Å². The Balaban J connectivity index is 2.28. The Hall–Kier alpha value is -0.805. The first-order chi connectivity index (χ1) is 9.42. The number of amides is 1. The van der Waals surface area contributed by atoms with Crippen LogP contribution in [0.2, 0.25) is 5.82 Å². The van der Waals surface area contributed by atoms with Crippen LogP contribution >= 0.6 is 0 Å². The summed E-state index contributed by atoms with van der Waals surface area (Å²) in [6, 6.07) is 0. The monoisotopic (exact) mass is 279 g/mol. The minimum atomic E-state index is -1.29. The molecule has 4 nitrogen and oxygen atoms in total. The van der Waals surface area contributed by atoms with E-state index in [-0.39, 0.29) is 22.7 Å². The van der Waals surface area contributed by atoms with Crippen LogP contribution in [0.15, 0.2) is 12.7 Å². The molecular formula is C15H26BNO3. The van der Waals surface area contributed by atoms with E-state index in [0.29, 0.717) is 6.42 Å². The lowest BCUT2D eigenvalue weighted by Crippen LogP contribution is -2.60. The maximum Gasteiger partial charge on any atom is 0.454 e. The van der Waals surface area contributed by atoms with E-state index in [2.05, 4.69) is 18.8 Å². The van der Waals surface area contributed by atoms with Crippen molar-refractivity contribution in [1.29, 1.82) is 0 Å². The number of carbonyl (C=O) groups excluding carboxylic acids is 1. The minimum absolute atomic E-state index is 0.0548. The summed E-state index contributed by atoms with van der Waals surface area (Å²) in [7, 11) is -1.29. The van der Waals surface area contributed by atoms with Crippen LogP contribution in [0.5, 0.6) is 0 Å². The smallest absolute Gasteiger partial charge is 0.427 e. The predicted octanol–water partition coefficient (Wildman–Crippen LogP) is 2.02. The molecule has 5 heteroatoms. The molecule has 2 aliphatic rings. The molecule has 0 saturated heterocycles. The number of hydrogen-bond donors (Lipinski definition) is 3. The highest BCUT2D eigenvalue weighted by Crippen LogP contribution is 2.54. The normalized spacial score (nSPS) is 32.6. The predicted molar refractivity (Wildman–Crippen MR) is 80.1 cm³/mol. The second kappa shape index (κ2) is 5.90. The molecule has 1 amide bonds. The Kier molecular flexibility index (Phi) is 4.60. The van der Waals surface area contributed by atoms with Crippen LogP contribution in [0, 0.1) is 5.41 Å². The Labute approximate surface area is 121 Å². The molecule has 0 heterocycles. The molecular weight excluding hydrogens is 253 g/mol. The molecule has 0 radical (unpaired) electrons. The van der Waals surface area contributed by atoms with Crippen LogP contribution in [0.3, 0.4) is 0 Å². The zero-order valence-electron chi connectivity index (χ0n) is 12.4. The van der Waals surface area contributed by atoms with E-state index >= 15 is 0 Å². The molecule has 2 saturated carbocycles. The van der Waals surface area contributed by atoms with Crippen molar-refractivity contribution in [2.24, 2.45) is 5.41 Å². The SMILES string of the molecule is C=CC(=O)NC1(C2(C)CCCC2)CCCC(B(O)O)C1. The van der Waals surface area contributed by atoms with Gasteiger partial charge in [-0.1, -0.05) is 39.2 Å². The third-order valence-corrected chi connectivity index (χ3v) is 5.62. The van der Waals surface area contributed by atoms with E-state index in [1.165, 1.54) is 18.9 Å². The van der Waals surface area contributed by atoms with Gasteiger partial charge in [-0.15, -0.1) is 0 Å². The van der Waals surface area contributed by atoms with Crippen LogP contribution in [-0.4, -0.2) is 28.6 Å². The van der Waals surface area contributed by atoms with E-state index < -0.39 is 7.12 Å². The lowest BCUT2D eigenvalue weighted by atomic mass is 9.53. The van der Waals surface area contributed by atoms with Gasteiger partial charge >= 0.3 is 7.12 Å². The molecule has 0 aromatic rings. The summed E-state index contributed by atoms with van der Waals surface area (Å²) >= 11 is 0. The molecule has 0 aromatic carbocycles. The van der Waals surface area contributed by atoms with Crippen molar-refractivity contribution in [2.75, 3.05) is 0 Å². The number of carbonyl (C=O) groups is 1. The largest absolute Gasteiger partial charge is 0.454 e. The first-order valence-corrected chi connectivity index (χ1v) is 7.73. The van der Waals surface area contributed by atoms with Gasteiger partial charge in [-0.05, 0) is 43.0 Å². The molecule has 2 unspecified atom stereocenters. The molecule has 0 spiro atoms. The fourth-order valence-electron chi connectivity index (χ4n) is 4.31. The van der Waals surface area contributed by atoms with Crippen molar-refractivity contribution in [3.05, 3.63) is 12.7 Å². The molecule has 2 atom stereocenters. The van der Waals surface area contributed by atoms with Gasteiger partial charge in [0.1, 0.15) is 0 Å². The van der Waals surface area contributed by atoms with Gasteiger partial charge in [-0.25, -0.2) is 0 Å². The Bertz CT molecular complexity index is 379. The maximum atomic E-state index is 11.9. The molecule has 0 aliphatic heterocycles. The minimum Gasteiger partial charge on any atom is -0.427 e. The topological polar surface area (TPSA) is 69.6 Å². The summed E-state index contributed by atoms with van der Waals surface area (Å²) < 4.78 is 0. The van der Waals surface area contributed by atoms with Crippen molar-refractivity contribution >= 4 is 13.0 Å². The molecule has 112 valence electrons. The van der Waals surface area contributed by atoms with Gasteiger partial charge in [0.15, 0.2) is 0 Å². The van der Waals surface area contributed by atoms with Gasteiger partial charge in [0, 0.05) is 5.54 Å². The Morgan fingerprint density at radius 1 is 1.30 bits per heavy atom. The van der Waals surface area contributed by atoms with E-state index in [1.807, 2.05) is 0 Å². The average Bonchev–Trinajstić information content (AvgIpc) is 2.87. The van der Waals surface area contributed by atoms with Crippen molar-refractivity contribution in [3.8, 4) is 0 Å². The number of hydrogen-bond acceptors (Lipinski definition) is 3.